The standard InChI is InChI=1S/C22H20ClN3O/c1-14(24)15-9-10-20-19(12-15)25-13-26(20)17-6-3-5-16(11-17)22-18(23)7-4-8-21(22)27-2/h3-14H,24H2,1-2H3/t14-/m0/s1. The topological polar surface area (TPSA) is 53.1 Å². The lowest BCUT2D eigenvalue weighted by Crippen LogP contribution is -2.04. The van der Waals surface area contributed by atoms with E-state index in [1.165, 1.54) is 0 Å². The highest BCUT2D eigenvalue weighted by Gasteiger charge is 2.12. The van der Waals surface area contributed by atoms with Crippen molar-refractivity contribution in [1.82, 2.24) is 9.55 Å². The van der Waals surface area contributed by atoms with Crippen molar-refractivity contribution in [1.29, 1.82) is 0 Å². The molecule has 0 unspecified atom stereocenters. The summed E-state index contributed by atoms with van der Waals surface area (Å²) in [5.74, 6) is 0.747. The van der Waals surface area contributed by atoms with Crippen LogP contribution in [0.25, 0.3) is 27.8 Å². The highest BCUT2D eigenvalue weighted by Crippen LogP contribution is 2.37. The van der Waals surface area contributed by atoms with Crippen LogP contribution < -0.4 is 10.5 Å². The van der Waals surface area contributed by atoms with Crippen molar-refractivity contribution in [3.05, 3.63) is 77.6 Å². The second-order valence-corrected chi connectivity index (χ2v) is 6.93. The van der Waals surface area contributed by atoms with Crippen molar-refractivity contribution in [2.75, 3.05) is 7.11 Å². The van der Waals surface area contributed by atoms with Gasteiger partial charge in [0.2, 0.25) is 0 Å². The third-order valence-electron chi connectivity index (χ3n) is 4.71. The molecule has 0 radical (unpaired) electrons. The van der Waals surface area contributed by atoms with Crippen molar-refractivity contribution < 1.29 is 4.74 Å². The Balaban J connectivity index is 1.84. The lowest BCUT2D eigenvalue weighted by molar-refractivity contribution is 0.416. The van der Waals surface area contributed by atoms with Crippen molar-refractivity contribution in [3.8, 4) is 22.6 Å². The molecule has 0 aliphatic heterocycles. The van der Waals surface area contributed by atoms with Crippen LogP contribution in [0, 0.1) is 0 Å². The summed E-state index contributed by atoms with van der Waals surface area (Å²) in [6.07, 6.45) is 1.83. The van der Waals surface area contributed by atoms with Gasteiger partial charge in [0.05, 0.1) is 23.2 Å². The van der Waals surface area contributed by atoms with Crippen LogP contribution in [0.3, 0.4) is 0 Å². The summed E-state index contributed by atoms with van der Waals surface area (Å²) in [5, 5.41) is 0.656. The Labute approximate surface area is 163 Å². The van der Waals surface area contributed by atoms with E-state index in [-0.39, 0.29) is 6.04 Å². The zero-order chi connectivity index (χ0) is 19.0. The fourth-order valence-corrected chi connectivity index (χ4v) is 3.56. The summed E-state index contributed by atoms with van der Waals surface area (Å²) in [6.45, 7) is 1.97. The lowest BCUT2D eigenvalue weighted by atomic mass is 10.0. The number of hydrogen-bond acceptors (Lipinski definition) is 3. The first-order valence-electron chi connectivity index (χ1n) is 8.74. The van der Waals surface area contributed by atoms with E-state index in [2.05, 4.69) is 21.7 Å². The third kappa shape index (κ3) is 3.18. The smallest absolute Gasteiger partial charge is 0.128 e. The van der Waals surface area contributed by atoms with Gasteiger partial charge in [0.1, 0.15) is 12.1 Å². The fourth-order valence-electron chi connectivity index (χ4n) is 3.28. The highest BCUT2D eigenvalue weighted by molar-refractivity contribution is 6.33. The molecule has 3 aromatic carbocycles. The second kappa shape index (κ2) is 7.06. The van der Waals surface area contributed by atoms with Gasteiger partial charge < -0.3 is 10.5 Å². The Kier molecular flexibility index (Phi) is 4.60. The summed E-state index contributed by atoms with van der Waals surface area (Å²) in [7, 11) is 1.65. The molecule has 136 valence electrons. The highest BCUT2D eigenvalue weighted by atomic mass is 35.5. The fraction of sp³-hybridized carbons (Fsp3) is 0.136. The SMILES string of the molecule is COc1cccc(Cl)c1-c1cccc(-n2cnc3cc([C@H](C)N)ccc32)c1. The molecule has 0 saturated carbocycles. The number of fused-ring (bicyclic) bond motifs is 1. The van der Waals surface area contributed by atoms with Gasteiger partial charge in [-0.05, 0) is 54.4 Å². The second-order valence-electron chi connectivity index (χ2n) is 6.52. The average Bonchev–Trinajstić information content (AvgIpc) is 3.11. The molecule has 0 bridgehead atoms. The number of nitrogens with two attached hydrogens (primary N) is 1. The number of rotatable bonds is 4. The van der Waals surface area contributed by atoms with E-state index >= 15 is 0 Å². The quantitative estimate of drug-likeness (QED) is 0.519. The molecule has 0 fully saturated rings. The molecule has 0 amide bonds. The van der Waals surface area contributed by atoms with E-state index in [1.807, 2.05) is 61.8 Å². The molecule has 1 atom stereocenters. The van der Waals surface area contributed by atoms with Gasteiger partial charge in [0.25, 0.3) is 0 Å². The molecule has 0 aliphatic rings. The number of nitrogens with zero attached hydrogens (tertiary/aromatic N) is 2. The molecule has 1 aromatic heterocycles. The molecule has 0 saturated heterocycles. The van der Waals surface area contributed by atoms with Crippen LogP contribution in [0.4, 0.5) is 0 Å². The van der Waals surface area contributed by atoms with Crippen LogP contribution in [-0.2, 0) is 0 Å². The van der Waals surface area contributed by atoms with Crippen LogP contribution in [0.2, 0.25) is 5.02 Å². The van der Waals surface area contributed by atoms with Crippen LogP contribution >= 0.6 is 11.6 Å². The van der Waals surface area contributed by atoms with E-state index in [4.69, 9.17) is 22.1 Å². The van der Waals surface area contributed by atoms with Gasteiger partial charge in [-0.1, -0.05) is 35.9 Å². The van der Waals surface area contributed by atoms with E-state index in [0.717, 1.165) is 39.2 Å². The van der Waals surface area contributed by atoms with E-state index in [9.17, 15) is 0 Å². The van der Waals surface area contributed by atoms with E-state index < -0.39 is 0 Å². The Morgan fingerprint density at radius 3 is 2.67 bits per heavy atom. The molecule has 4 rings (SSSR count). The zero-order valence-electron chi connectivity index (χ0n) is 15.2. The Hall–Kier alpha value is -2.82. The van der Waals surface area contributed by atoms with Crippen molar-refractivity contribution in [3.63, 3.8) is 0 Å². The van der Waals surface area contributed by atoms with Crippen LogP contribution in [0.5, 0.6) is 5.75 Å². The summed E-state index contributed by atoms with van der Waals surface area (Å²) in [4.78, 5) is 4.55. The minimum Gasteiger partial charge on any atom is -0.496 e. The monoisotopic (exact) mass is 377 g/mol. The van der Waals surface area contributed by atoms with Crippen LogP contribution in [0.15, 0.2) is 67.0 Å². The first kappa shape index (κ1) is 17.6. The Morgan fingerprint density at radius 1 is 1.07 bits per heavy atom. The van der Waals surface area contributed by atoms with Gasteiger partial charge in [-0.3, -0.25) is 4.57 Å². The van der Waals surface area contributed by atoms with Crippen LogP contribution in [-0.4, -0.2) is 16.7 Å². The zero-order valence-corrected chi connectivity index (χ0v) is 15.9. The Morgan fingerprint density at radius 2 is 1.89 bits per heavy atom. The van der Waals surface area contributed by atoms with Crippen LogP contribution in [0.1, 0.15) is 18.5 Å². The number of hydrogen-bond donors (Lipinski definition) is 1. The van der Waals surface area contributed by atoms with Crippen molar-refractivity contribution >= 4 is 22.6 Å². The molecule has 4 nitrogen and oxygen atoms in total. The molecule has 4 aromatic rings. The van der Waals surface area contributed by atoms with Gasteiger partial charge in [0, 0.05) is 17.3 Å². The molecular weight excluding hydrogens is 358 g/mol. The maximum absolute atomic E-state index is 6.45. The number of imidazole rings is 1. The lowest BCUT2D eigenvalue weighted by Gasteiger charge is -2.12. The predicted octanol–water partition coefficient (Wildman–Crippen LogP) is 5.37. The number of benzene rings is 3. The molecule has 5 heteroatoms. The average molecular weight is 378 g/mol. The van der Waals surface area contributed by atoms with Crippen molar-refractivity contribution in [2.24, 2.45) is 5.73 Å². The number of methoxy groups -OCH3 is 1. The van der Waals surface area contributed by atoms with Gasteiger partial charge in [0.15, 0.2) is 0 Å². The van der Waals surface area contributed by atoms with E-state index in [1.54, 1.807) is 7.11 Å². The normalized spacial score (nSPS) is 12.3. The first-order valence-corrected chi connectivity index (χ1v) is 9.12. The summed E-state index contributed by atoms with van der Waals surface area (Å²) in [6, 6.07) is 20.0. The first-order chi connectivity index (χ1) is 13.1. The van der Waals surface area contributed by atoms with Crippen molar-refractivity contribution in [2.45, 2.75) is 13.0 Å². The van der Waals surface area contributed by atoms with Gasteiger partial charge in [-0.2, -0.15) is 0 Å². The van der Waals surface area contributed by atoms with Gasteiger partial charge >= 0.3 is 0 Å². The minimum absolute atomic E-state index is 0.0180. The predicted molar refractivity (Wildman–Crippen MR) is 111 cm³/mol. The van der Waals surface area contributed by atoms with Gasteiger partial charge in [-0.25, -0.2) is 4.98 Å². The minimum atomic E-state index is -0.0180. The molecule has 0 spiro atoms. The number of halogens is 1. The number of ether oxygens (including phenoxy) is 1. The molecule has 1 heterocycles. The summed E-state index contributed by atoms with van der Waals surface area (Å²) >= 11 is 6.45. The summed E-state index contributed by atoms with van der Waals surface area (Å²) < 4.78 is 7.56. The summed E-state index contributed by atoms with van der Waals surface area (Å²) in [5.41, 5.74) is 11.9. The number of aromatic nitrogens is 2. The third-order valence-corrected chi connectivity index (χ3v) is 5.02. The molecular formula is C22H20ClN3O. The van der Waals surface area contributed by atoms with Gasteiger partial charge in [-0.15, -0.1) is 0 Å². The van der Waals surface area contributed by atoms with E-state index in [0.29, 0.717) is 5.02 Å². The molecule has 2 N–H and O–H groups in total. The maximum Gasteiger partial charge on any atom is 0.128 e. The maximum atomic E-state index is 6.45. The molecule has 0 aliphatic carbocycles. The largest absolute Gasteiger partial charge is 0.496 e. The molecule has 27 heavy (non-hydrogen) atoms. The Bertz CT molecular complexity index is 1120.